The van der Waals surface area contributed by atoms with Crippen LogP contribution in [0.15, 0.2) is 18.3 Å². The van der Waals surface area contributed by atoms with Gasteiger partial charge in [-0.15, -0.1) is 0 Å². The Balaban J connectivity index is 2.82. The van der Waals surface area contributed by atoms with Crippen molar-refractivity contribution >= 4 is 5.97 Å². The van der Waals surface area contributed by atoms with Crippen LogP contribution in [0.25, 0.3) is 0 Å². The first kappa shape index (κ1) is 11.7. The Morgan fingerprint density at radius 2 is 2.20 bits per heavy atom. The van der Waals surface area contributed by atoms with Gasteiger partial charge in [-0.25, -0.2) is 9.78 Å². The molecule has 1 rings (SSSR count). The summed E-state index contributed by atoms with van der Waals surface area (Å²) >= 11 is 0. The molecule has 0 saturated carbocycles. The average Bonchev–Trinajstić information content (AvgIpc) is 2.15. The van der Waals surface area contributed by atoms with Crippen molar-refractivity contribution in [1.82, 2.24) is 4.98 Å². The van der Waals surface area contributed by atoms with Crippen molar-refractivity contribution in [2.75, 3.05) is 0 Å². The molecular formula is C11H16N2O2. The number of ether oxygens (including phenoxy) is 1. The molecule has 0 aliphatic carbocycles. The molecule has 2 N–H and O–H groups in total. The van der Waals surface area contributed by atoms with Gasteiger partial charge in [0.1, 0.15) is 11.3 Å². The molecule has 4 nitrogen and oxygen atoms in total. The first-order valence-corrected chi connectivity index (χ1v) is 4.81. The van der Waals surface area contributed by atoms with Gasteiger partial charge >= 0.3 is 5.97 Å². The molecule has 82 valence electrons. The lowest BCUT2D eigenvalue weighted by Gasteiger charge is -2.19. The topological polar surface area (TPSA) is 65.2 Å². The van der Waals surface area contributed by atoms with Gasteiger partial charge in [-0.05, 0) is 38.5 Å². The van der Waals surface area contributed by atoms with Crippen molar-refractivity contribution in [3.8, 4) is 0 Å². The summed E-state index contributed by atoms with van der Waals surface area (Å²) in [7, 11) is 0. The Morgan fingerprint density at radius 1 is 1.53 bits per heavy atom. The van der Waals surface area contributed by atoms with Crippen LogP contribution < -0.4 is 5.73 Å². The second kappa shape index (κ2) is 4.40. The minimum Gasteiger partial charge on any atom is -0.455 e. The number of hydrogen-bond acceptors (Lipinski definition) is 4. The molecular weight excluding hydrogens is 192 g/mol. The molecule has 15 heavy (non-hydrogen) atoms. The van der Waals surface area contributed by atoms with Crippen LogP contribution in [0.4, 0.5) is 0 Å². The van der Waals surface area contributed by atoms with Gasteiger partial charge in [-0.3, -0.25) is 0 Å². The van der Waals surface area contributed by atoms with E-state index in [-0.39, 0.29) is 0 Å². The third-order valence-electron chi connectivity index (χ3n) is 1.67. The molecule has 1 heterocycles. The fraction of sp³-hybridized carbons (Fsp3) is 0.455. The van der Waals surface area contributed by atoms with Crippen LogP contribution in [0.2, 0.25) is 0 Å². The van der Waals surface area contributed by atoms with Gasteiger partial charge in [0.15, 0.2) is 0 Å². The molecule has 4 heteroatoms. The van der Waals surface area contributed by atoms with Crippen LogP contribution in [-0.2, 0) is 11.3 Å². The van der Waals surface area contributed by atoms with E-state index in [4.69, 9.17) is 10.5 Å². The number of hydrogen-bond donors (Lipinski definition) is 1. The molecule has 0 aromatic carbocycles. The molecule has 0 radical (unpaired) electrons. The quantitative estimate of drug-likeness (QED) is 0.748. The maximum absolute atomic E-state index is 11.6. The maximum Gasteiger partial charge on any atom is 0.357 e. The van der Waals surface area contributed by atoms with Crippen LogP contribution in [0.3, 0.4) is 0 Å². The maximum atomic E-state index is 11.6. The first-order chi connectivity index (χ1) is 6.92. The highest BCUT2D eigenvalue weighted by Crippen LogP contribution is 2.11. The largest absolute Gasteiger partial charge is 0.455 e. The average molecular weight is 208 g/mol. The monoisotopic (exact) mass is 208 g/mol. The predicted octanol–water partition coefficient (Wildman–Crippen LogP) is 1.50. The van der Waals surface area contributed by atoms with E-state index in [2.05, 4.69) is 4.98 Å². The lowest BCUT2D eigenvalue weighted by atomic mass is 10.2. The van der Waals surface area contributed by atoms with Crippen molar-refractivity contribution in [3.63, 3.8) is 0 Å². The molecule has 0 aliphatic heterocycles. The zero-order valence-electron chi connectivity index (χ0n) is 9.28. The van der Waals surface area contributed by atoms with Gasteiger partial charge in [0.25, 0.3) is 0 Å². The Morgan fingerprint density at radius 3 is 2.73 bits per heavy atom. The van der Waals surface area contributed by atoms with Crippen molar-refractivity contribution in [1.29, 1.82) is 0 Å². The number of aromatic nitrogens is 1. The third-order valence-corrected chi connectivity index (χ3v) is 1.67. The van der Waals surface area contributed by atoms with E-state index in [1.807, 2.05) is 20.8 Å². The van der Waals surface area contributed by atoms with Gasteiger partial charge in [0.2, 0.25) is 0 Å². The van der Waals surface area contributed by atoms with E-state index in [1.54, 1.807) is 18.3 Å². The van der Waals surface area contributed by atoms with E-state index in [9.17, 15) is 4.79 Å². The van der Waals surface area contributed by atoms with Crippen LogP contribution >= 0.6 is 0 Å². The lowest BCUT2D eigenvalue weighted by molar-refractivity contribution is 0.00627. The first-order valence-electron chi connectivity index (χ1n) is 4.81. The number of carbonyl (C=O) groups excluding carboxylic acids is 1. The SMILES string of the molecule is CC(C)(C)OC(=O)c1cc(CN)ccn1. The summed E-state index contributed by atoms with van der Waals surface area (Å²) in [4.78, 5) is 15.5. The minimum absolute atomic E-state index is 0.299. The smallest absolute Gasteiger partial charge is 0.357 e. The van der Waals surface area contributed by atoms with Gasteiger partial charge in [-0.2, -0.15) is 0 Å². The number of esters is 1. The number of rotatable bonds is 2. The Kier molecular flexibility index (Phi) is 3.42. The Labute approximate surface area is 89.5 Å². The van der Waals surface area contributed by atoms with E-state index in [1.165, 1.54) is 0 Å². The summed E-state index contributed by atoms with van der Waals surface area (Å²) in [6.07, 6.45) is 1.56. The van der Waals surface area contributed by atoms with Gasteiger partial charge in [-0.1, -0.05) is 0 Å². The number of carbonyl (C=O) groups is 1. The molecule has 0 saturated heterocycles. The standard InChI is InChI=1S/C11H16N2O2/c1-11(2,3)15-10(14)9-6-8(7-12)4-5-13-9/h4-6H,7,12H2,1-3H3. The third kappa shape index (κ3) is 3.67. The second-order valence-electron chi connectivity index (χ2n) is 4.26. The Hall–Kier alpha value is -1.42. The molecule has 1 aromatic heterocycles. The summed E-state index contributed by atoms with van der Waals surface area (Å²) in [5, 5.41) is 0. The second-order valence-corrected chi connectivity index (χ2v) is 4.26. The van der Waals surface area contributed by atoms with E-state index < -0.39 is 11.6 Å². The van der Waals surface area contributed by atoms with Gasteiger partial charge in [0.05, 0.1) is 0 Å². The zero-order chi connectivity index (χ0) is 11.5. The van der Waals surface area contributed by atoms with E-state index >= 15 is 0 Å². The summed E-state index contributed by atoms with van der Waals surface area (Å²) in [5.41, 5.74) is 6.13. The van der Waals surface area contributed by atoms with Crippen LogP contribution in [0.5, 0.6) is 0 Å². The Bertz CT molecular complexity index is 356. The number of nitrogens with zero attached hydrogens (tertiary/aromatic N) is 1. The summed E-state index contributed by atoms with van der Waals surface area (Å²) < 4.78 is 5.18. The fourth-order valence-corrected chi connectivity index (χ4v) is 1.04. The zero-order valence-corrected chi connectivity index (χ0v) is 9.28. The van der Waals surface area contributed by atoms with E-state index in [0.29, 0.717) is 12.2 Å². The normalized spacial score (nSPS) is 11.2. The van der Waals surface area contributed by atoms with Crippen molar-refractivity contribution in [3.05, 3.63) is 29.6 Å². The predicted molar refractivity (Wildman–Crippen MR) is 57.3 cm³/mol. The molecule has 0 aliphatic rings. The number of nitrogens with two attached hydrogens (primary N) is 1. The highest BCUT2D eigenvalue weighted by atomic mass is 16.6. The summed E-state index contributed by atoms with van der Waals surface area (Å²) in [6, 6.07) is 3.42. The molecule has 0 bridgehead atoms. The fourth-order valence-electron chi connectivity index (χ4n) is 1.04. The van der Waals surface area contributed by atoms with Crippen LogP contribution in [-0.4, -0.2) is 16.6 Å². The highest BCUT2D eigenvalue weighted by molar-refractivity contribution is 5.87. The molecule has 0 atom stereocenters. The van der Waals surface area contributed by atoms with Crippen molar-refractivity contribution in [2.24, 2.45) is 5.73 Å². The van der Waals surface area contributed by atoms with E-state index in [0.717, 1.165) is 5.56 Å². The molecule has 1 aromatic rings. The van der Waals surface area contributed by atoms with Gasteiger partial charge in [0, 0.05) is 12.7 Å². The summed E-state index contributed by atoms with van der Waals surface area (Å²) in [6.45, 7) is 5.84. The van der Waals surface area contributed by atoms with Crippen LogP contribution in [0.1, 0.15) is 36.8 Å². The van der Waals surface area contributed by atoms with Crippen LogP contribution in [0, 0.1) is 0 Å². The molecule has 0 fully saturated rings. The lowest BCUT2D eigenvalue weighted by Crippen LogP contribution is -2.24. The molecule has 0 spiro atoms. The van der Waals surface area contributed by atoms with Crippen molar-refractivity contribution < 1.29 is 9.53 Å². The molecule has 0 amide bonds. The summed E-state index contributed by atoms with van der Waals surface area (Å²) in [5.74, 6) is -0.419. The number of pyridine rings is 1. The molecule has 0 unspecified atom stereocenters. The van der Waals surface area contributed by atoms with Gasteiger partial charge < -0.3 is 10.5 Å². The van der Waals surface area contributed by atoms with Crippen molar-refractivity contribution in [2.45, 2.75) is 32.9 Å². The minimum atomic E-state index is -0.502. The highest BCUT2D eigenvalue weighted by Gasteiger charge is 2.18.